The Hall–Kier alpha value is -2.67. The lowest BCUT2D eigenvalue weighted by Crippen LogP contribution is -2.40. The topological polar surface area (TPSA) is 75.7 Å². The number of amides is 2. The summed E-state index contributed by atoms with van der Waals surface area (Å²) in [6, 6.07) is 11.3. The number of esters is 1. The van der Waals surface area contributed by atoms with E-state index >= 15 is 0 Å². The van der Waals surface area contributed by atoms with Gasteiger partial charge >= 0.3 is 5.97 Å². The number of hydrogen-bond acceptors (Lipinski definition) is 5. The minimum atomic E-state index is -0.376. The average molecular weight is 415 g/mol. The van der Waals surface area contributed by atoms with E-state index in [9.17, 15) is 14.4 Å². The molecule has 0 atom stereocenters. The van der Waals surface area contributed by atoms with Crippen molar-refractivity contribution in [3.05, 3.63) is 52.2 Å². The van der Waals surface area contributed by atoms with Gasteiger partial charge in [0, 0.05) is 18.8 Å². The third kappa shape index (κ3) is 5.67. The van der Waals surface area contributed by atoms with Gasteiger partial charge in [-0.3, -0.25) is 14.4 Å². The van der Waals surface area contributed by atoms with Crippen molar-refractivity contribution in [3.8, 4) is 0 Å². The fourth-order valence-corrected chi connectivity index (χ4v) is 3.97. The van der Waals surface area contributed by atoms with E-state index in [0.29, 0.717) is 42.4 Å². The smallest absolute Gasteiger partial charge is 0.309 e. The van der Waals surface area contributed by atoms with Crippen molar-refractivity contribution in [1.29, 1.82) is 0 Å². The Labute approximate surface area is 174 Å². The Bertz CT molecular complexity index is 838. The van der Waals surface area contributed by atoms with Crippen LogP contribution in [0.5, 0.6) is 0 Å². The number of thiophene rings is 1. The number of anilines is 1. The average Bonchev–Trinajstić information content (AvgIpc) is 3.27. The van der Waals surface area contributed by atoms with Crippen LogP contribution in [0.1, 0.15) is 47.8 Å². The molecule has 0 radical (unpaired) electrons. The summed E-state index contributed by atoms with van der Waals surface area (Å²) in [7, 11) is 0. The normalized spacial score (nSPS) is 14.7. The summed E-state index contributed by atoms with van der Waals surface area (Å²) in [4.78, 5) is 39.2. The third-order valence-corrected chi connectivity index (χ3v) is 5.91. The lowest BCUT2D eigenvalue weighted by atomic mass is 9.97. The molecule has 154 valence electrons. The van der Waals surface area contributed by atoms with E-state index in [-0.39, 0.29) is 30.3 Å². The molecule has 0 bridgehead atoms. The Morgan fingerprint density at radius 1 is 1.14 bits per heavy atom. The number of piperidine rings is 1. The molecule has 2 aromatic rings. The lowest BCUT2D eigenvalue weighted by Gasteiger charge is -2.30. The van der Waals surface area contributed by atoms with Crippen LogP contribution in [0.4, 0.5) is 5.69 Å². The van der Waals surface area contributed by atoms with E-state index in [1.165, 1.54) is 16.9 Å². The van der Waals surface area contributed by atoms with E-state index in [1.54, 1.807) is 4.90 Å². The number of nitrogens with one attached hydrogen (secondary N) is 1. The number of rotatable bonds is 6. The first-order valence-corrected chi connectivity index (χ1v) is 10.7. The van der Waals surface area contributed by atoms with Crippen molar-refractivity contribution in [1.82, 2.24) is 4.90 Å². The first kappa shape index (κ1) is 21.0. The monoisotopic (exact) mass is 414 g/mol. The number of carbonyl (C=O) groups excluding carboxylic acids is 3. The van der Waals surface area contributed by atoms with Crippen LogP contribution in [-0.4, -0.2) is 42.4 Å². The molecule has 0 aliphatic carbocycles. The molecule has 1 saturated heterocycles. The van der Waals surface area contributed by atoms with Crippen LogP contribution in [0.3, 0.4) is 0 Å². The van der Waals surface area contributed by atoms with Crippen molar-refractivity contribution in [2.75, 3.05) is 25.0 Å². The third-order valence-electron chi connectivity index (χ3n) is 5.05. The van der Waals surface area contributed by atoms with Gasteiger partial charge < -0.3 is 15.0 Å². The number of ether oxygens (including phenoxy) is 1. The highest BCUT2D eigenvalue weighted by molar-refractivity contribution is 7.12. The molecule has 29 heavy (non-hydrogen) atoms. The Morgan fingerprint density at radius 3 is 2.41 bits per heavy atom. The summed E-state index contributed by atoms with van der Waals surface area (Å²) in [6.45, 7) is 4.94. The molecule has 7 heteroatoms. The first-order chi connectivity index (χ1) is 13.9. The van der Waals surface area contributed by atoms with Crippen LogP contribution in [0.15, 0.2) is 41.8 Å². The molecule has 0 spiro atoms. The van der Waals surface area contributed by atoms with Gasteiger partial charge in [-0.15, -0.1) is 11.3 Å². The van der Waals surface area contributed by atoms with Crippen LogP contribution in [0.25, 0.3) is 0 Å². The van der Waals surface area contributed by atoms with Gasteiger partial charge in [0.2, 0.25) is 0 Å². The maximum atomic E-state index is 12.4. The highest BCUT2D eigenvalue weighted by Gasteiger charge is 2.29. The second-order valence-corrected chi connectivity index (χ2v) is 8.42. The molecule has 1 aliphatic rings. The second kappa shape index (κ2) is 9.69. The molecular formula is C22H26N2O4S. The number of benzene rings is 1. The van der Waals surface area contributed by atoms with E-state index in [2.05, 4.69) is 19.2 Å². The number of nitrogens with zero attached hydrogens (tertiary/aromatic N) is 1. The van der Waals surface area contributed by atoms with Gasteiger partial charge in [-0.25, -0.2) is 0 Å². The Morgan fingerprint density at radius 2 is 1.83 bits per heavy atom. The quantitative estimate of drug-likeness (QED) is 0.728. The standard InChI is InChI=1S/C22H26N2O4S/c1-15(2)16-5-7-18(8-6-16)23-20(25)14-28-22(27)17-9-11-24(12-10-17)21(26)19-4-3-13-29-19/h3-8,13,15,17H,9-12,14H2,1-2H3,(H,23,25). The fourth-order valence-electron chi connectivity index (χ4n) is 3.28. The van der Waals surface area contributed by atoms with Crippen LogP contribution in [0, 0.1) is 5.92 Å². The van der Waals surface area contributed by atoms with Crippen molar-refractivity contribution in [2.24, 2.45) is 5.92 Å². The second-order valence-electron chi connectivity index (χ2n) is 7.48. The van der Waals surface area contributed by atoms with Crippen LogP contribution in [0.2, 0.25) is 0 Å². The zero-order chi connectivity index (χ0) is 20.8. The van der Waals surface area contributed by atoms with Crippen molar-refractivity contribution >= 4 is 34.8 Å². The molecule has 1 N–H and O–H groups in total. The molecule has 2 amide bonds. The zero-order valence-electron chi connectivity index (χ0n) is 16.7. The summed E-state index contributed by atoms with van der Waals surface area (Å²) in [5, 5.41) is 4.61. The van der Waals surface area contributed by atoms with Gasteiger partial charge in [0.1, 0.15) is 0 Å². The van der Waals surface area contributed by atoms with Gasteiger partial charge in [0.15, 0.2) is 6.61 Å². The van der Waals surface area contributed by atoms with Gasteiger partial charge in [-0.2, -0.15) is 0 Å². The van der Waals surface area contributed by atoms with Gasteiger partial charge in [0.25, 0.3) is 11.8 Å². The van der Waals surface area contributed by atoms with Crippen molar-refractivity contribution in [2.45, 2.75) is 32.6 Å². The zero-order valence-corrected chi connectivity index (χ0v) is 17.5. The van der Waals surface area contributed by atoms with Gasteiger partial charge in [-0.1, -0.05) is 32.0 Å². The first-order valence-electron chi connectivity index (χ1n) is 9.83. The molecule has 1 aromatic carbocycles. The van der Waals surface area contributed by atoms with E-state index < -0.39 is 0 Å². The molecule has 6 nitrogen and oxygen atoms in total. The summed E-state index contributed by atoms with van der Waals surface area (Å²) >= 11 is 1.42. The fraction of sp³-hybridized carbons (Fsp3) is 0.409. The van der Waals surface area contributed by atoms with Gasteiger partial charge in [-0.05, 0) is 47.9 Å². The molecule has 3 rings (SSSR count). The molecule has 1 fully saturated rings. The van der Waals surface area contributed by atoms with E-state index in [4.69, 9.17) is 4.74 Å². The molecule has 0 saturated carbocycles. The van der Waals surface area contributed by atoms with E-state index in [0.717, 1.165) is 0 Å². The number of likely N-dealkylation sites (tertiary alicyclic amines) is 1. The van der Waals surface area contributed by atoms with Crippen molar-refractivity contribution in [3.63, 3.8) is 0 Å². The molecule has 2 heterocycles. The Kier molecular flexibility index (Phi) is 7.04. The molecule has 1 aliphatic heterocycles. The van der Waals surface area contributed by atoms with Crippen LogP contribution < -0.4 is 5.32 Å². The minimum Gasteiger partial charge on any atom is -0.455 e. The Balaban J connectivity index is 1.40. The maximum absolute atomic E-state index is 12.4. The SMILES string of the molecule is CC(C)c1ccc(NC(=O)COC(=O)C2CCN(C(=O)c3cccs3)CC2)cc1. The van der Waals surface area contributed by atoms with Crippen LogP contribution in [-0.2, 0) is 14.3 Å². The molecular weight excluding hydrogens is 388 g/mol. The predicted molar refractivity (Wildman–Crippen MR) is 113 cm³/mol. The van der Waals surface area contributed by atoms with Crippen molar-refractivity contribution < 1.29 is 19.1 Å². The summed E-state index contributed by atoms with van der Waals surface area (Å²) in [5.74, 6) is -0.581. The summed E-state index contributed by atoms with van der Waals surface area (Å²) in [5.41, 5.74) is 1.87. The van der Waals surface area contributed by atoms with E-state index in [1.807, 2.05) is 41.8 Å². The maximum Gasteiger partial charge on any atom is 0.309 e. The lowest BCUT2D eigenvalue weighted by molar-refractivity contribution is -0.152. The largest absolute Gasteiger partial charge is 0.455 e. The highest BCUT2D eigenvalue weighted by Crippen LogP contribution is 2.22. The molecule has 0 unspecified atom stereocenters. The highest BCUT2D eigenvalue weighted by atomic mass is 32.1. The van der Waals surface area contributed by atoms with Gasteiger partial charge in [0.05, 0.1) is 10.8 Å². The summed E-state index contributed by atoms with van der Waals surface area (Å²) < 4.78 is 5.19. The summed E-state index contributed by atoms with van der Waals surface area (Å²) in [6.07, 6.45) is 1.10. The minimum absolute atomic E-state index is 0.00896. The molecule has 1 aromatic heterocycles. The predicted octanol–water partition coefficient (Wildman–Crippen LogP) is 3.91. The number of carbonyl (C=O) groups is 3. The van der Waals surface area contributed by atoms with Crippen LogP contribution >= 0.6 is 11.3 Å². The number of hydrogen-bond donors (Lipinski definition) is 1.